The molecule has 1 saturated carbocycles. The van der Waals surface area contributed by atoms with Gasteiger partial charge in [-0.2, -0.15) is 0 Å². The van der Waals surface area contributed by atoms with Crippen LogP contribution in [0.15, 0.2) is 24.3 Å². The van der Waals surface area contributed by atoms with Crippen LogP contribution in [0, 0.1) is 11.8 Å². The average molecular weight is 363 g/mol. The number of carbonyl (C=O) groups excluding carboxylic acids is 3. The number of benzene rings is 1. The molecule has 0 bridgehead atoms. The van der Waals surface area contributed by atoms with Crippen LogP contribution in [0.5, 0.6) is 0 Å². The van der Waals surface area contributed by atoms with E-state index < -0.39 is 0 Å². The largest absolute Gasteiger partial charge is 0.337 e. The van der Waals surface area contributed by atoms with Crippen molar-refractivity contribution in [3.63, 3.8) is 0 Å². The number of fused-ring (bicyclic) bond motifs is 1. The molecule has 2 fully saturated rings. The molecule has 5 nitrogen and oxygen atoms in total. The van der Waals surface area contributed by atoms with E-state index in [1.165, 1.54) is 4.90 Å². The molecule has 1 saturated heterocycles. The number of halogens is 1. The van der Waals surface area contributed by atoms with Gasteiger partial charge in [-0.05, 0) is 37.5 Å². The van der Waals surface area contributed by atoms with E-state index in [4.69, 9.17) is 11.6 Å². The molecule has 2 unspecified atom stereocenters. The summed E-state index contributed by atoms with van der Waals surface area (Å²) < 4.78 is 0. The van der Waals surface area contributed by atoms with E-state index in [0.29, 0.717) is 18.1 Å². The zero-order valence-corrected chi connectivity index (χ0v) is 15.2. The summed E-state index contributed by atoms with van der Waals surface area (Å²) in [6.45, 7) is 2.66. The van der Waals surface area contributed by atoms with E-state index in [1.807, 2.05) is 25.1 Å². The Labute approximate surface area is 152 Å². The van der Waals surface area contributed by atoms with Crippen molar-refractivity contribution in [1.29, 1.82) is 0 Å². The number of carbonyl (C=O) groups is 3. The number of hydrogen-bond donors (Lipinski definition) is 0. The van der Waals surface area contributed by atoms with Gasteiger partial charge in [0.2, 0.25) is 17.7 Å². The number of likely N-dealkylation sites (N-methyl/N-ethyl adjacent to an activating group) is 1. The maximum Gasteiger partial charge on any atom is 0.243 e. The number of hydrogen-bond acceptors (Lipinski definition) is 3. The fourth-order valence-electron chi connectivity index (χ4n) is 3.85. The Balaban J connectivity index is 1.67. The van der Waals surface area contributed by atoms with Crippen molar-refractivity contribution >= 4 is 29.3 Å². The molecule has 1 aliphatic carbocycles. The van der Waals surface area contributed by atoms with Gasteiger partial charge in [-0.15, -0.1) is 0 Å². The SMILES string of the molecule is CCN(Cc1cccc(Cl)c1)C(=O)CN1C(=O)C2CCCCC2C1=O. The standard InChI is InChI=1S/C19H23ClN2O3/c1-2-21(11-13-6-5-7-14(20)10-13)17(23)12-22-18(24)15-8-3-4-9-16(15)19(22)25/h5-7,10,15-16H,2-4,8-9,11-12H2,1H3. The fourth-order valence-corrected chi connectivity index (χ4v) is 4.07. The van der Waals surface area contributed by atoms with Crippen LogP contribution >= 0.6 is 11.6 Å². The first-order valence-electron chi connectivity index (χ1n) is 8.88. The van der Waals surface area contributed by atoms with E-state index >= 15 is 0 Å². The van der Waals surface area contributed by atoms with E-state index in [2.05, 4.69) is 0 Å². The van der Waals surface area contributed by atoms with Gasteiger partial charge in [0, 0.05) is 18.1 Å². The Hall–Kier alpha value is -1.88. The number of rotatable bonds is 5. The second-order valence-corrected chi connectivity index (χ2v) is 7.23. The molecule has 1 aromatic rings. The zero-order chi connectivity index (χ0) is 18.0. The molecule has 1 heterocycles. The maximum atomic E-state index is 12.7. The van der Waals surface area contributed by atoms with Crippen LogP contribution in [0.3, 0.4) is 0 Å². The molecule has 134 valence electrons. The summed E-state index contributed by atoms with van der Waals surface area (Å²) in [4.78, 5) is 40.5. The monoisotopic (exact) mass is 362 g/mol. The molecule has 0 aromatic heterocycles. The molecular formula is C19H23ClN2O3. The average Bonchev–Trinajstić information content (AvgIpc) is 2.85. The molecule has 25 heavy (non-hydrogen) atoms. The molecule has 2 atom stereocenters. The van der Waals surface area contributed by atoms with Crippen LogP contribution in [0.2, 0.25) is 5.02 Å². The first-order chi connectivity index (χ1) is 12.0. The van der Waals surface area contributed by atoms with Crippen molar-refractivity contribution < 1.29 is 14.4 Å². The van der Waals surface area contributed by atoms with E-state index in [-0.39, 0.29) is 36.1 Å². The third-order valence-corrected chi connectivity index (χ3v) is 5.46. The van der Waals surface area contributed by atoms with Crippen molar-refractivity contribution in [1.82, 2.24) is 9.80 Å². The summed E-state index contributed by atoms with van der Waals surface area (Å²) in [5.41, 5.74) is 0.926. The van der Waals surface area contributed by atoms with Crippen molar-refractivity contribution in [2.75, 3.05) is 13.1 Å². The van der Waals surface area contributed by atoms with Crippen LogP contribution in [0.25, 0.3) is 0 Å². The Morgan fingerprint density at radius 2 is 1.84 bits per heavy atom. The van der Waals surface area contributed by atoms with Gasteiger partial charge in [-0.1, -0.05) is 36.6 Å². The van der Waals surface area contributed by atoms with Gasteiger partial charge < -0.3 is 4.90 Å². The van der Waals surface area contributed by atoms with Crippen LogP contribution in [0.4, 0.5) is 0 Å². The molecular weight excluding hydrogens is 340 g/mol. The van der Waals surface area contributed by atoms with Crippen LogP contribution < -0.4 is 0 Å². The third kappa shape index (κ3) is 3.71. The highest BCUT2D eigenvalue weighted by Crippen LogP contribution is 2.37. The summed E-state index contributed by atoms with van der Waals surface area (Å²) in [5.74, 6) is -0.958. The summed E-state index contributed by atoms with van der Waals surface area (Å²) in [5, 5.41) is 0.620. The molecule has 0 spiro atoms. The van der Waals surface area contributed by atoms with Gasteiger partial charge in [0.25, 0.3) is 0 Å². The summed E-state index contributed by atoms with van der Waals surface area (Å²) in [6.07, 6.45) is 3.50. The minimum Gasteiger partial charge on any atom is -0.337 e. The minimum absolute atomic E-state index is 0.154. The van der Waals surface area contributed by atoms with E-state index in [1.54, 1.807) is 11.0 Å². The topological polar surface area (TPSA) is 57.7 Å². The molecule has 3 amide bonds. The summed E-state index contributed by atoms with van der Waals surface area (Å²) >= 11 is 6.00. The van der Waals surface area contributed by atoms with E-state index in [0.717, 1.165) is 31.2 Å². The van der Waals surface area contributed by atoms with Gasteiger partial charge in [0.1, 0.15) is 6.54 Å². The molecule has 1 aliphatic heterocycles. The van der Waals surface area contributed by atoms with Crippen molar-refractivity contribution in [2.24, 2.45) is 11.8 Å². The predicted octanol–water partition coefficient (Wildman–Crippen LogP) is 2.86. The maximum absolute atomic E-state index is 12.7. The van der Waals surface area contributed by atoms with E-state index in [9.17, 15) is 14.4 Å². The predicted molar refractivity (Wildman–Crippen MR) is 94.7 cm³/mol. The fraction of sp³-hybridized carbons (Fsp3) is 0.526. The smallest absolute Gasteiger partial charge is 0.243 e. The lowest BCUT2D eigenvalue weighted by Gasteiger charge is -2.24. The molecule has 1 aromatic carbocycles. The highest BCUT2D eigenvalue weighted by Gasteiger charge is 2.48. The lowest BCUT2D eigenvalue weighted by molar-refractivity contribution is -0.146. The van der Waals surface area contributed by atoms with Crippen molar-refractivity contribution in [3.8, 4) is 0 Å². The van der Waals surface area contributed by atoms with Crippen molar-refractivity contribution in [3.05, 3.63) is 34.9 Å². The van der Waals surface area contributed by atoms with Crippen molar-refractivity contribution in [2.45, 2.75) is 39.2 Å². The Kier molecular flexibility index (Phi) is 5.42. The number of nitrogens with zero attached hydrogens (tertiary/aromatic N) is 2. The first kappa shape index (κ1) is 17.9. The van der Waals surface area contributed by atoms with Crippen LogP contribution in [0.1, 0.15) is 38.2 Å². The number of likely N-dealkylation sites (tertiary alicyclic amines) is 1. The van der Waals surface area contributed by atoms with Gasteiger partial charge in [0.05, 0.1) is 11.8 Å². The highest BCUT2D eigenvalue weighted by molar-refractivity contribution is 6.30. The van der Waals surface area contributed by atoms with Gasteiger partial charge >= 0.3 is 0 Å². The second-order valence-electron chi connectivity index (χ2n) is 6.80. The quantitative estimate of drug-likeness (QED) is 0.757. The lowest BCUT2D eigenvalue weighted by Crippen LogP contribution is -2.42. The van der Waals surface area contributed by atoms with Crippen LogP contribution in [-0.2, 0) is 20.9 Å². The first-order valence-corrected chi connectivity index (χ1v) is 9.26. The molecule has 2 aliphatic rings. The van der Waals surface area contributed by atoms with Gasteiger partial charge in [0.15, 0.2) is 0 Å². The lowest BCUT2D eigenvalue weighted by atomic mass is 9.81. The minimum atomic E-state index is -0.211. The highest BCUT2D eigenvalue weighted by atomic mass is 35.5. The Bertz CT molecular complexity index is 667. The third-order valence-electron chi connectivity index (χ3n) is 5.22. The summed E-state index contributed by atoms with van der Waals surface area (Å²) in [7, 11) is 0. The Morgan fingerprint density at radius 3 is 2.40 bits per heavy atom. The van der Waals surface area contributed by atoms with Gasteiger partial charge in [-0.25, -0.2) is 0 Å². The summed E-state index contributed by atoms with van der Waals surface area (Å²) in [6, 6.07) is 7.35. The normalized spacial score (nSPS) is 22.9. The zero-order valence-electron chi connectivity index (χ0n) is 14.4. The molecule has 6 heteroatoms. The van der Waals surface area contributed by atoms with Crippen LogP contribution in [-0.4, -0.2) is 40.6 Å². The molecule has 3 rings (SSSR count). The van der Waals surface area contributed by atoms with Gasteiger partial charge in [-0.3, -0.25) is 19.3 Å². The molecule has 0 N–H and O–H groups in total. The Morgan fingerprint density at radius 1 is 1.20 bits per heavy atom. The molecule has 0 radical (unpaired) electrons. The number of imide groups is 1. The number of amides is 3. The second kappa shape index (κ2) is 7.56.